The van der Waals surface area contributed by atoms with Crippen molar-refractivity contribution >= 4 is 70.1 Å². The van der Waals surface area contributed by atoms with Crippen LogP contribution in [0.3, 0.4) is 0 Å². The first-order valence-electron chi connectivity index (χ1n) is 10.6. The highest BCUT2D eigenvalue weighted by Gasteiger charge is 2.15. The van der Waals surface area contributed by atoms with Gasteiger partial charge in [0, 0.05) is 21.4 Å². The molecular weight excluding hydrogens is 543 g/mol. The van der Waals surface area contributed by atoms with Gasteiger partial charge >= 0.3 is 11.8 Å². The molecule has 0 heterocycles. The number of halogens is 3. The van der Waals surface area contributed by atoms with E-state index in [0.717, 1.165) is 5.56 Å². The monoisotopic (exact) mass is 562 g/mol. The van der Waals surface area contributed by atoms with Crippen molar-refractivity contribution in [3.63, 3.8) is 0 Å². The number of rotatable bonds is 8. The van der Waals surface area contributed by atoms with Crippen LogP contribution in [0.5, 0.6) is 11.5 Å². The molecule has 0 aliphatic carbocycles. The largest absolute Gasteiger partial charge is 0.493 e. The van der Waals surface area contributed by atoms with Crippen LogP contribution in [0.1, 0.15) is 11.1 Å². The van der Waals surface area contributed by atoms with Crippen molar-refractivity contribution in [1.29, 1.82) is 0 Å². The number of aryl methyl sites for hydroxylation is 1. The molecular formula is C25H21Cl3N4O5. The molecule has 192 valence electrons. The maximum atomic E-state index is 12.4. The van der Waals surface area contributed by atoms with Crippen molar-refractivity contribution in [2.24, 2.45) is 5.10 Å². The molecule has 0 atom stereocenters. The zero-order valence-corrected chi connectivity index (χ0v) is 21.9. The van der Waals surface area contributed by atoms with E-state index in [1.54, 1.807) is 36.4 Å². The maximum Gasteiger partial charge on any atom is 0.329 e. The second kappa shape index (κ2) is 13.0. The number of carbonyl (C=O) groups is 3. The Bertz CT molecular complexity index is 1360. The lowest BCUT2D eigenvalue weighted by Gasteiger charge is -2.14. The van der Waals surface area contributed by atoms with E-state index in [1.165, 1.54) is 31.5 Å². The molecule has 0 radical (unpaired) electrons. The third kappa shape index (κ3) is 8.11. The van der Waals surface area contributed by atoms with E-state index in [0.29, 0.717) is 27.0 Å². The van der Waals surface area contributed by atoms with Gasteiger partial charge in [-0.15, -0.1) is 0 Å². The molecule has 0 spiro atoms. The Labute approximate surface area is 227 Å². The number of hydrogen-bond acceptors (Lipinski definition) is 6. The van der Waals surface area contributed by atoms with E-state index in [9.17, 15) is 14.4 Å². The summed E-state index contributed by atoms with van der Waals surface area (Å²) in [6, 6.07) is 14.5. The Morgan fingerprint density at radius 1 is 0.946 bits per heavy atom. The standard InChI is InChI=1S/C25H21Cl3N4O5/c1-14-6-7-17(27)11-20(14)31-22(33)13-37-23-19(28)8-15(9-21(23)36-2)12-29-32-25(35)24(34)30-18-5-3-4-16(26)10-18/h3-12H,13H2,1-2H3,(H,30,34)(H,31,33)(H,32,35)/b29-12-. The molecule has 37 heavy (non-hydrogen) atoms. The highest BCUT2D eigenvalue weighted by Crippen LogP contribution is 2.36. The fourth-order valence-electron chi connectivity index (χ4n) is 2.98. The highest BCUT2D eigenvalue weighted by molar-refractivity contribution is 6.40. The molecule has 9 nitrogen and oxygen atoms in total. The van der Waals surface area contributed by atoms with Gasteiger partial charge in [-0.1, -0.05) is 46.9 Å². The lowest BCUT2D eigenvalue weighted by atomic mass is 10.2. The Morgan fingerprint density at radius 2 is 1.70 bits per heavy atom. The van der Waals surface area contributed by atoms with Gasteiger partial charge < -0.3 is 20.1 Å². The van der Waals surface area contributed by atoms with Crippen LogP contribution < -0.4 is 25.5 Å². The first-order valence-corrected chi connectivity index (χ1v) is 11.8. The predicted molar refractivity (Wildman–Crippen MR) is 144 cm³/mol. The average molecular weight is 564 g/mol. The number of anilines is 2. The number of amides is 3. The van der Waals surface area contributed by atoms with Gasteiger partial charge in [0.15, 0.2) is 18.1 Å². The van der Waals surface area contributed by atoms with Crippen LogP contribution in [-0.4, -0.2) is 37.7 Å². The van der Waals surface area contributed by atoms with Gasteiger partial charge in [0.05, 0.1) is 18.3 Å². The van der Waals surface area contributed by atoms with E-state index in [-0.39, 0.29) is 23.1 Å². The molecule has 0 aromatic heterocycles. The van der Waals surface area contributed by atoms with Gasteiger partial charge in [-0.2, -0.15) is 5.10 Å². The van der Waals surface area contributed by atoms with Gasteiger partial charge in [-0.25, -0.2) is 5.43 Å². The topological polar surface area (TPSA) is 118 Å². The molecule has 12 heteroatoms. The summed E-state index contributed by atoms with van der Waals surface area (Å²) >= 11 is 18.2. The number of nitrogens with zero attached hydrogens (tertiary/aromatic N) is 1. The summed E-state index contributed by atoms with van der Waals surface area (Å²) in [5.41, 5.74) is 4.32. The van der Waals surface area contributed by atoms with Crippen LogP contribution in [0.15, 0.2) is 59.7 Å². The second-order valence-corrected chi connectivity index (χ2v) is 8.77. The molecule has 3 aromatic carbocycles. The van der Waals surface area contributed by atoms with Crippen molar-refractivity contribution in [1.82, 2.24) is 5.43 Å². The summed E-state index contributed by atoms with van der Waals surface area (Å²) < 4.78 is 10.9. The smallest absolute Gasteiger partial charge is 0.329 e. The van der Waals surface area contributed by atoms with E-state index < -0.39 is 17.7 Å². The molecule has 3 aromatic rings. The molecule has 3 amide bonds. The van der Waals surface area contributed by atoms with Crippen LogP contribution in [0.2, 0.25) is 15.1 Å². The fraction of sp³-hybridized carbons (Fsp3) is 0.120. The van der Waals surface area contributed by atoms with Crippen LogP contribution in [0, 0.1) is 6.92 Å². The molecule has 0 bridgehead atoms. The quantitative estimate of drug-likeness (QED) is 0.201. The average Bonchev–Trinajstić information content (AvgIpc) is 2.85. The first kappa shape index (κ1) is 27.8. The minimum atomic E-state index is -0.991. The third-order valence-electron chi connectivity index (χ3n) is 4.74. The molecule has 3 rings (SSSR count). The maximum absolute atomic E-state index is 12.4. The SMILES string of the molecule is COc1cc(/C=N\NC(=O)C(=O)Nc2cccc(Cl)c2)cc(Cl)c1OCC(=O)Nc1cc(Cl)ccc1C. The van der Waals surface area contributed by atoms with Gasteiger partial charge in [0.1, 0.15) is 0 Å². The number of benzene rings is 3. The second-order valence-electron chi connectivity index (χ2n) is 7.49. The van der Waals surface area contributed by atoms with Gasteiger partial charge in [0.2, 0.25) is 0 Å². The minimum Gasteiger partial charge on any atom is -0.493 e. The van der Waals surface area contributed by atoms with Gasteiger partial charge in [0.25, 0.3) is 5.91 Å². The van der Waals surface area contributed by atoms with Crippen molar-refractivity contribution in [2.75, 3.05) is 24.4 Å². The Balaban J connectivity index is 1.59. The van der Waals surface area contributed by atoms with Crippen LogP contribution in [0.25, 0.3) is 0 Å². The number of hydrazone groups is 1. The fourth-order valence-corrected chi connectivity index (χ4v) is 3.61. The summed E-state index contributed by atoms with van der Waals surface area (Å²) in [6.45, 7) is 1.49. The van der Waals surface area contributed by atoms with Crippen molar-refractivity contribution in [2.45, 2.75) is 6.92 Å². The number of carbonyl (C=O) groups excluding carboxylic acids is 3. The number of nitrogens with one attached hydrogen (secondary N) is 3. The molecule has 0 aliphatic rings. The summed E-state index contributed by atoms with van der Waals surface area (Å²) in [6.07, 6.45) is 1.26. The summed E-state index contributed by atoms with van der Waals surface area (Å²) in [5, 5.41) is 9.92. The lowest BCUT2D eigenvalue weighted by molar-refractivity contribution is -0.136. The molecule has 0 aliphatic heterocycles. The van der Waals surface area contributed by atoms with Crippen LogP contribution >= 0.6 is 34.8 Å². The normalized spacial score (nSPS) is 10.6. The Hall–Kier alpha value is -3.79. The summed E-state index contributed by atoms with van der Waals surface area (Å²) in [5.74, 6) is -1.97. The molecule has 0 saturated carbocycles. The minimum absolute atomic E-state index is 0.137. The van der Waals surface area contributed by atoms with Gasteiger partial charge in [-0.05, 0) is 60.5 Å². The summed E-state index contributed by atoms with van der Waals surface area (Å²) in [7, 11) is 1.40. The third-order valence-corrected chi connectivity index (χ3v) is 5.49. The van der Waals surface area contributed by atoms with E-state index in [1.807, 2.05) is 6.92 Å². The van der Waals surface area contributed by atoms with Crippen LogP contribution in [0.4, 0.5) is 11.4 Å². The lowest BCUT2D eigenvalue weighted by Crippen LogP contribution is -2.32. The predicted octanol–water partition coefficient (Wildman–Crippen LogP) is 5.07. The zero-order valence-electron chi connectivity index (χ0n) is 19.6. The van der Waals surface area contributed by atoms with E-state index in [4.69, 9.17) is 44.3 Å². The molecule has 0 fully saturated rings. The number of methoxy groups -OCH3 is 1. The molecule has 0 unspecified atom stereocenters. The first-order chi connectivity index (χ1) is 17.7. The zero-order chi connectivity index (χ0) is 26.9. The van der Waals surface area contributed by atoms with Crippen LogP contribution in [-0.2, 0) is 14.4 Å². The van der Waals surface area contributed by atoms with E-state index >= 15 is 0 Å². The highest BCUT2D eigenvalue weighted by atomic mass is 35.5. The van der Waals surface area contributed by atoms with E-state index in [2.05, 4.69) is 21.2 Å². The van der Waals surface area contributed by atoms with Crippen molar-refractivity contribution in [3.8, 4) is 11.5 Å². The Morgan fingerprint density at radius 3 is 2.43 bits per heavy atom. The van der Waals surface area contributed by atoms with Crippen molar-refractivity contribution < 1.29 is 23.9 Å². The number of ether oxygens (including phenoxy) is 2. The molecule has 3 N–H and O–H groups in total. The van der Waals surface area contributed by atoms with Gasteiger partial charge in [-0.3, -0.25) is 14.4 Å². The van der Waals surface area contributed by atoms with Crippen molar-refractivity contribution in [3.05, 3.63) is 80.8 Å². The Kier molecular flexibility index (Phi) is 9.73. The number of hydrogen-bond donors (Lipinski definition) is 3. The molecule has 0 saturated heterocycles. The summed E-state index contributed by atoms with van der Waals surface area (Å²) in [4.78, 5) is 36.4.